The fourth-order valence-corrected chi connectivity index (χ4v) is 2.07. The minimum absolute atomic E-state index is 0.0975. The number of rotatable bonds is 2. The van der Waals surface area contributed by atoms with Gasteiger partial charge in [0.15, 0.2) is 5.82 Å². The molecule has 0 aromatic carbocycles. The van der Waals surface area contributed by atoms with E-state index in [0.717, 1.165) is 6.20 Å². The Kier molecular flexibility index (Phi) is 3.86. The minimum atomic E-state index is -1.26. The monoisotopic (exact) mass is 256 g/mol. The van der Waals surface area contributed by atoms with E-state index >= 15 is 0 Å². The summed E-state index contributed by atoms with van der Waals surface area (Å²) < 4.78 is 26.4. The summed E-state index contributed by atoms with van der Waals surface area (Å²) in [6, 6.07) is 1.18. The van der Waals surface area contributed by atoms with Gasteiger partial charge in [0.25, 0.3) is 5.91 Å². The average Bonchev–Trinajstić information content (AvgIpc) is 2.41. The largest absolute Gasteiger partial charge is 0.396 e. The maximum absolute atomic E-state index is 13.4. The lowest BCUT2D eigenvalue weighted by Gasteiger charge is -2.31. The summed E-state index contributed by atoms with van der Waals surface area (Å²) in [5, 5.41) is 8.99. The van der Waals surface area contributed by atoms with Crippen LogP contribution in [-0.2, 0) is 0 Å². The van der Waals surface area contributed by atoms with E-state index in [1.165, 1.54) is 11.0 Å². The Morgan fingerprint density at radius 3 is 2.72 bits per heavy atom. The van der Waals surface area contributed by atoms with Crippen LogP contribution in [0.5, 0.6) is 0 Å². The molecule has 98 valence electrons. The fraction of sp³-hybridized carbons (Fsp3) is 0.500. The van der Waals surface area contributed by atoms with E-state index in [1.54, 1.807) is 0 Å². The van der Waals surface area contributed by atoms with E-state index in [9.17, 15) is 13.6 Å². The molecule has 0 bridgehead atoms. The highest BCUT2D eigenvalue weighted by atomic mass is 19.2. The first-order valence-corrected chi connectivity index (χ1v) is 5.83. The van der Waals surface area contributed by atoms with Crippen LogP contribution in [0.3, 0.4) is 0 Å². The van der Waals surface area contributed by atoms with Crippen molar-refractivity contribution in [2.24, 2.45) is 5.92 Å². The number of carbonyl (C=O) groups is 1. The topological polar surface area (TPSA) is 53.4 Å². The van der Waals surface area contributed by atoms with Gasteiger partial charge in [-0.05, 0) is 24.8 Å². The van der Waals surface area contributed by atoms with E-state index in [4.69, 9.17) is 5.11 Å². The zero-order chi connectivity index (χ0) is 13.1. The Morgan fingerprint density at radius 2 is 2.11 bits per heavy atom. The first-order valence-electron chi connectivity index (χ1n) is 5.83. The minimum Gasteiger partial charge on any atom is -0.396 e. The van der Waals surface area contributed by atoms with Crippen LogP contribution in [0.4, 0.5) is 8.78 Å². The summed E-state index contributed by atoms with van der Waals surface area (Å²) >= 11 is 0. The van der Waals surface area contributed by atoms with Crippen LogP contribution in [0.15, 0.2) is 12.3 Å². The van der Waals surface area contributed by atoms with Gasteiger partial charge in [-0.2, -0.15) is 4.39 Å². The molecule has 1 aliphatic heterocycles. The maximum Gasteiger partial charge on any atom is 0.257 e. The van der Waals surface area contributed by atoms with Gasteiger partial charge < -0.3 is 10.0 Å². The molecule has 1 amide bonds. The second kappa shape index (κ2) is 5.39. The Labute approximate surface area is 103 Å². The van der Waals surface area contributed by atoms with Crippen molar-refractivity contribution in [1.29, 1.82) is 0 Å². The van der Waals surface area contributed by atoms with Crippen molar-refractivity contribution in [1.82, 2.24) is 9.88 Å². The van der Waals surface area contributed by atoms with E-state index in [-0.39, 0.29) is 18.1 Å². The van der Waals surface area contributed by atoms with Gasteiger partial charge in [-0.25, -0.2) is 9.37 Å². The molecule has 1 aromatic heterocycles. The summed E-state index contributed by atoms with van der Waals surface area (Å²) in [7, 11) is 0. The molecule has 18 heavy (non-hydrogen) atoms. The third-order valence-electron chi connectivity index (χ3n) is 3.24. The van der Waals surface area contributed by atoms with Gasteiger partial charge >= 0.3 is 0 Å². The first-order chi connectivity index (χ1) is 8.63. The van der Waals surface area contributed by atoms with Crippen LogP contribution >= 0.6 is 0 Å². The number of halogens is 2. The highest BCUT2D eigenvalue weighted by Gasteiger charge is 2.26. The molecule has 2 rings (SSSR count). The van der Waals surface area contributed by atoms with E-state index in [0.29, 0.717) is 25.9 Å². The van der Waals surface area contributed by atoms with E-state index in [1.807, 2.05) is 0 Å². The fourth-order valence-electron chi connectivity index (χ4n) is 2.07. The SMILES string of the molecule is O=C(c1ccnc(F)c1F)N1CCC(CO)CC1. The van der Waals surface area contributed by atoms with Crippen molar-refractivity contribution >= 4 is 5.91 Å². The highest BCUT2D eigenvalue weighted by molar-refractivity contribution is 5.94. The molecule has 0 aliphatic carbocycles. The lowest BCUT2D eigenvalue weighted by molar-refractivity contribution is 0.0645. The maximum atomic E-state index is 13.4. The van der Waals surface area contributed by atoms with Crippen molar-refractivity contribution in [2.45, 2.75) is 12.8 Å². The lowest BCUT2D eigenvalue weighted by Crippen LogP contribution is -2.39. The Bertz CT molecular complexity index is 446. The van der Waals surface area contributed by atoms with Crippen LogP contribution in [-0.4, -0.2) is 40.6 Å². The Morgan fingerprint density at radius 1 is 1.44 bits per heavy atom. The number of nitrogens with zero attached hydrogens (tertiary/aromatic N) is 2. The number of carbonyl (C=O) groups excluding carboxylic acids is 1. The molecule has 0 radical (unpaired) electrons. The van der Waals surface area contributed by atoms with Crippen molar-refractivity contribution in [3.63, 3.8) is 0 Å². The van der Waals surface area contributed by atoms with Crippen LogP contribution in [0, 0.1) is 17.7 Å². The van der Waals surface area contributed by atoms with Gasteiger partial charge in [0.2, 0.25) is 5.95 Å². The van der Waals surface area contributed by atoms with Gasteiger partial charge in [0, 0.05) is 25.9 Å². The third-order valence-corrected chi connectivity index (χ3v) is 3.24. The van der Waals surface area contributed by atoms with Gasteiger partial charge in [0.05, 0.1) is 5.56 Å². The zero-order valence-corrected chi connectivity index (χ0v) is 9.77. The predicted octanol–water partition coefficient (Wildman–Crippen LogP) is 1.20. The zero-order valence-electron chi connectivity index (χ0n) is 9.77. The van der Waals surface area contributed by atoms with E-state index in [2.05, 4.69) is 4.98 Å². The number of hydrogen-bond donors (Lipinski definition) is 1. The van der Waals surface area contributed by atoms with Crippen LogP contribution in [0.2, 0.25) is 0 Å². The van der Waals surface area contributed by atoms with Crippen LogP contribution < -0.4 is 0 Å². The molecule has 2 heterocycles. The smallest absolute Gasteiger partial charge is 0.257 e. The summed E-state index contributed by atoms with van der Waals surface area (Å²) in [6.07, 6.45) is 2.43. The van der Waals surface area contributed by atoms with Gasteiger partial charge in [-0.1, -0.05) is 0 Å². The quantitative estimate of drug-likeness (QED) is 0.809. The highest BCUT2D eigenvalue weighted by Crippen LogP contribution is 2.19. The number of aliphatic hydroxyl groups excluding tert-OH is 1. The van der Waals surface area contributed by atoms with Crippen molar-refractivity contribution in [2.75, 3.05) is 19.7 Å². The molecule has 6 heteroatoms. The molecule has 4 nitrogen and oxygen atoms in total. The standard InChI is InChI=1S/C12H14F2N2O2/c13-10-9(1-4-15-11(10)14)12(18)16-5-2-8(7-17)3-6-16/h1,4,8,17H,2-3,5-7H2. The molecule has 0 spiro atoms. The number of aliphatic hydroxyl groups is 1. The normalized spacial score (nSPS) is 16.9. The number of aromatic nitrogens is 1. The molecular formula is C12H14F2N2O2. The number of likely N-dealkylation sites (tertiary alicyclic amines) is 1. The predicted molar refractivity (Wildman–Crippen MR) is 59.9 cm³/mol. The molecule has 0 saturated carbocycles. The molecule has 1 saturated heterocycles. The number of pyridine rings is 1. The molecular weight excluding hydrogens is 242 g/mol. The molecule has 0 unspecified atom stereocenters. The van der Waals surface area contributed by atoms with E-state index < -0.39 is 17.7 Å². The average molecular weight is 256 g/mol. The first kappa shape index (κ1) is 12.9. The van der Waals surface area contributed by atoms with Crippen LogP contribution in [0.25, 0.3) is 0 Å². The second-order valence-corrected chi connectivity index (χ2v) is 4.38. The van der Waals surface area contributed by atoms with Crippen LogP contribution in [0.1, 0.15) is 23.2 Å². The summed E-state index contributed by atoms with van der Waals surface area (Å²) in [5.74, 6) is -2.80. The van der Waals surface area contributed by atoms with Gasteiger partial charge in [-0.3, -0.25) is 4.79 Å². The van der Waals surface area contributed by atoms with Crippen molar-refractivity contribution in [3.8, 4) is 0 Å². The number of hydrogen-bond acceptors (Lipinski definition) is 3. The Hall–Kier alpha value is -1.56. The summed E-state index contributed by atoms with van der Waals surface area (Å²) in [5.41, 5.74) is -0.287. The van der Waals surface area contributed by atoms with Crippen molar-refractivity contribution < 1.29 is 18.7 Å². The second-order valence-electron chi connectivity index (χ2n) is 4.38. The van der Waals surface area contributed by atoms with Crippen molar-refractivity contribution in [3.05, 3.63) is 29.6 Å². The Balaban J connectivity index is 2.10. The molecule has 0 atom stereocenters. The third kappa shape index (κ3) is 2.48. The molecule has 1 N–H and O–H groups in total. The molecule has 1 aromatic rings. The number of amides is 1. The summed E-state index contributed by atoms with van der Waals surface area (Å²) in [6.45, 7) is 1.00. The molecule has 1 aliphatic rings. The van der Waals surface area contributed by atoms with Gasteiger partial charge in [-0.15, -0.1) is 0 Å². The van der Waals surface area contributed by atoms with Gasteiger partial charge in [0.1, 0.15) is 0 Å². The lowest BCUT2D eigenvalue weighted by atomic mass is 9.97. The summed E-state index contributed by atoms with van der Waals surface area (Å²) in [4.78, 5) is 16.6. The molecule has 1 fully saturated rings. The number of piperidine rings is 1.